The van der Waals surface area contributed by atoms with E-state index < -0.39 is 5.97 Å². The van der Waals surface area contributed by atoms with Crippen LogP contribution in [0.1, 0.15) is 10.4 Å². The molecular weight excluding hydrogens is 226 g/mol. The van der Waals surface area contributed by atoms with Gasteiger partial charge in [-0.3, -0.25) is 0 Å². The number of benzene rings is 1. The number of halogens is 1. The van der Waals surface area contributed by atoms with Gasteiger partial charge in [0.05, 0.1) is 12.7 Å². The maximum atomic E-state index is 11.4. The Labute approximate surface area is 98.0 Å². The molecule has 2 rings (SSSR count). The Morgan fingerprint density at radius 1 is 1.31 bits per heavy atom. The number of hydrogen-bond donors (Lipinski definition) is 1. The molecule has 0 bridgehead atoms. The molecule has 1 aromatic heterocycles. The lowest BCUT2D eigenvalue weighted by Gasteiger charge is -1.95. The van der Waals surface area contributed by atoms with E-state index >= 15 is 0 Å². The van der Waals surface area contributed by atoms with E-state index in [2.05, 4.69) is 9.72 Å². The summed E-state index contributed by atoms with van der Waals surface area (Å²) in [5.74, 6) is -0.441. The molecule has 2 aromatic rings. The fourth-order valence-corrected chi connectivity index (χ4v) is 1.69. The van der Waals surface area contributed by atoms with Crippen LogP contribution in [0, 0.1) is 0 Å². The fraction of sp³-hybridized carbons (Fsp3) is 0.0833. The lowest BCUT2D eigenvalue weighted by Crippen LogP contribution is -1.99. The monoisotopic (exact) mass is 235 g/mol. The molecule has 0 spiro atoms. The van der Waals surface area contributed by atoms with E-state index in [0.29, 0.717) is 10.7 Å². The Morgan fingerprint density at radius 2 is 2.00 bits per heavy atom. The van der Waals surface area contributed by atoms with Crippen LogP contribution in [0.4, 0.5) is 0 Å². The summed E-state index contributed by atoms with van der Waals surface area (Å²) in [4.78, 5) is 14.3. The zero-order chi connectivity index (χ0) is 11.5. The molecule has 1 N–H and O–H groups in total. The van der Waals surface area contributed by atoms with Crippen LogP contribution in [0.5, 0.6) is 0 Å². The third-order valence-corrected chi connectivity index (χ3v) is 2.56. The van der Waals surface area contributed by atoms with Crippen LogP contribution in [0.15, 0.2) is 36.4 Å². The van der Waals surface area contributed by atoms with E-state index in [1.807, 2.05) is 30.3 Å². The molecule has 0 saturated heterocycles. The number of aromatic amines is 1. The molecule has 1 aromatic carbocycles. The van der Waals surface area contributed by atoms with Crippen molar-refractivity contribution >= 4 is 17.6 Å². The second-order valence-corrected chi connectivity index (χ2v) is 3.65. The normalized spacial score (nSPS) is 10.1. The number of hydrogen-bond acceptors (Lipinski definition) is 2. The third-order valence-electron chi connectivity index (χ3n) is 2.26. The summed E-state index contributed by atoms with van der Waals surface area (Å²) < 4.78 is 4.62. The van der Waals surface area contributed by atoms with E-state index in [9.17, 15) is 4.79 Å². The van der Waals surface area contributed by atoms with Crippen molar-refractivity contribution in [1.29, 1.82) is 0 Å². The number of methoxy groups -OCH3 is 1. The maximum Gasteiger partial charge on any atom is 0.341 e. The molecule has 0 aliphatic carbocycles. The van der Waals surface area contributed by atoms with Gasteiger partial charge in [0.2, 0.25) is 0 Å². The number of carbonyl (C=O) groups excluding carboxylic acids is 1. The van der Waals surface area contributed by atoms with Crippen LogP contribution in [-0.4, -0.2) is 18.1 Å². The third kappa shape index (κ3) is 1.95. The van der Waals surface area contributed by atoms with Crippen molar-refractivity contribution in [3.8, 4) is 11.3 Å². The van der Waals surface area contributed by atoms with Gasteiger partial charge < -0.3 is 9.72 Å². The van der Waals surface area contributed by atoms with Crippen LogP contribution in [0.2, 0.25) is 5.15 Å². The van der Waals surface area contributed by atoms with Crippen molar-refractivity contribution in [2.75, 3.05) is 7.11 Å². The summed E-state index contributed by atoms with van der Waals surface area (Å²) in [6.07, 6.45) is 0. The quantitative estimate of drug-likeness (QED) is 0.813. The van der Waals surface area contributed by atoms with Crippen molar-refractivity contribution in [2.24, 2.45) is 0 Å². The Bertz CT molecular complexity index is 505. The molecule has 0 atom stereocenters. The van der Waals surface area contributed by atoms with E-state index in [1.54, 1.807) is 6.07 Å². The Morgan fingerprint density at radius 3 is 2.62 bits per heavy atom. The Kier molecular flexibility index (Phi) is 2.97. The number of rotatable bonds is 2. The summed E-state index contributed by atoms with van der Waals surface area (Å²) in [5, 5.41) is 0.297. The van der Waals surface area contributed by atoms with Crippen molar-refractivity contribution in [3.05, 3.63) is 47.1 Å². The maximum absolute atomic E-state index is 11.4. The van der Waals surface area contributed by atoms with Crippen LogP contribution in [0.3, 0.4) is 0 Å². The number of esters is 1. The molecule has 0 aliphatic rings. The molecule has 1 heterocycles. The van der Waals surface area contributed by atoms with Gasteiger partial charge in [0.25, 0.3) is 0 Å². The molecule has 0 fully saturated rings. The second kappa shape index (κ2) is 4.41. The first kappa shape index (κ1) is 10.8. The smallest absolute Gasteiger partial charge is 0.341 e. The van der Waals surface area contributed by atoms with E-state index in [4.69, 9.17) is 11.6 Å². The highest BCUT2D eigenvalue weighted by Gasteiger charge is 2.14. The summed E-state index contributed by atoms with van der Waals surface area (Å²) in [7, 11) is 1.33. The molecule has 3 nitrogen and oxygen atoms in total. The van der Waals surface area contributed by atoms with Gasteiger partial charge in [-0.15, -0.1) is 0 Å². The van der Waals surface area contributed by atoms with Gasteiger partial charge in [0.1, 0.15) is 5.15 Å². The standard InChI is InChI=1S/C12H10ClNO2/c1-16-12(15)9-7-10(14-11(9)13)8-5-3-2-4-6-8/h2-7,14H,1H3. The van der Waals surface area contributed by atoms with Crippen LogP contribution >= 0.6 is 11.6 Å². The van der Waals surface area contributed by atoms with E-state index in [0.717, 1.165) is 11.3 Å². The predicted octanol–water partition coefficient (Wildman–Crippen LogP) is 3.12. The summed E-state index contributed by atoms with van der Waals surface area (Å²) in [6.45, 7) is 0. The van der Waals surface area contributed by atoms with Crippen molar-refractivity contribution < 1.29 is 9.53 Å². The predicted molar refractivity (Wildman–Crippen MR) is 62.6 cm³/mol. The van der Waals surface area contributed by atoms with Crippen LogP contribution < -0.4 is 0 Å². The number of H-pyrrole nitrogens is 1. The molecule has 16 heavy (non-hydrogen) atoms. The molecule has 0 aliphatic heterocycles. The Balaban J connectivity index is 2.42. The zero-order valence-electron chi connectivity index (χ0n) is 8.66. The number of carbonyl (C=O) groups is 1. The Hall–Kier alpha value is -1.74. The van der Waals surface area contributed by atoms with Gasteiger partial charge in [-0.25, -0.2) is 4.79 Å². The van der Waals surface area contributed by atoms with E-state index in [1.165, 1.54) is 7.11 Å². The minimum atomic E-state index is -0.441. The topological polar surface area (TPSA) is 42.1 Å². The van der Waals surface area contributed by atoms with Gasteiger partial charge in [-0.1, -0.05) is 41.9 Å². The highest BCUT2D eigenvalue weighted by molar-refractivity contribution is 6.32. The molecular formula is C12H10ClNO2. The molecule has 0 saturated carbocycles. The molecule has 82 valence electrons. The molecule has 0 radical (unpaired) electrons. The van der Waals surface area contributed by atoms with Crippen LogP contribution in [-0.2, 0) is 4.74 Å². The largest absolute Gasteiger partial charge is 0.465 e. The average molecular weight is 236 g/mol. The van der Waals surface area contributed by atoms with Crippen molar-refractivity contribution in [2.45, 2.75) is 0 Å². The van der Waals surface area contributed by atoms with Gasteiger partial charge in [0.15, 0.2) is 0 Å². The fourth-order valence-electron chi connectivity index (χ4n) is 1.46. The van der Waals surface area contributed by atoms with Gasteiger partial charge >= 0.3 is 5.97 Å². The van der Waals surface area contributed by atoms with Crippen molar-refractivity contribution in [3.63, 3.8) is 0 Å². The van der Waals surface area contributed by atoms with Gasteiger partial charge in [-0.05, 0) is 11.6 Å². The lowest BCUT2D eigenvalue weighted by molar-refractivity contribution is 0.0601. The number of ether oxygens (including phenoxy) is 1. The molecule has 4 heteroatoms. The number of aromatic nitrogens is 1. The summed E-state index contributed by atoms with van der Waals surface area (Å²) in [6, 6.07) is 11.3. The summed E-state index contributed by atoms with van der Waals surface area (Å²) in [5.41, 5.74) is 2.12. The first-order valence-electron chi connectivity index (χ1n) is 4.74. The average Bonchev–Trinajstić information content (AvgIpc) is 2.71. The molecule has 0 unspecified atom stereocenters. The van der Waals surface area contributed by atoms with Gasteiger partial charge in [0, 0.05) is 5.69 Å². The SMILES string of the molecule is COC(=O)c1cc(-c2ccccc2)[nH]c1Cl. The first-order chi connectivity index (χ1) is 7.72. The zero-order valence-corrected chi connectivity index (χ0v) is 9.41. The van der Waals surface area contributed by atoms with E-state index in [-0.39, 0.29) is 0 Å². The second-order valence-electron chi connectivity index (χ2n) is 3.27. The summed E-state index contributed by atoms with van der Waals surface area (Å²) >= 11 is 5.91. The number of nitrogens with one attached hydrogen (secondary N) is 1. The van der Waals surface area contributed by atoms with Crippen molar-refractivity contribution in [1.82, 2.24) is 4.98 Å². The highest BCUT2D eigenvalue weighted by atomic mass is 35.5. The van der Waals surface area contributed by atoms with Crippen LogP contribution in [0.25, 0.3) is 11.3 Å². The highest BCUT2D eigenvalue weighted by Crippen LogP contribution is 2.25. The first-order valence-corrected chi connectivity index (χ1v) is 5.12. The minimum Gasteiger partial charge on any atom is -0.465 e. The lowest BCUT2D eigenvalue weighted by atomic mass is 10.1. The van der Waals surface area contributed by atoms with Gasteiger partial charge in [-0.2, -0.15) is 0 Å². The molecule has 0 amide bonds. The minimum absolute atomic E-state index is 0.297.